The van der Waals surface area contributed by atoms with E-state index in [0.717, 1.165) is 12.8 Å². The van der Waals surface area contributed by atoms with Gasteiger partial charge in [-0.2, -0.15) is 11.8 Å². The first-order chi connectivity index (χ1) is 9.63. The minimum atomic E-state index is -0.384. The Labute approximate surface area is 129 Å². The summed E-state index contributed by atoms with van der Waals surface area (Å²) in [6.07, 6.45) is 6.17. The van der Waals surface area contributed by atoms with Crippen molar-refractivity contribution in [3.8, 4) is 0 Å². The summed E-state index contributed by atoms with van der Waals surface area (Å²) in [7, 11) is 0. The zero-order valence-electron chi connectivity index (χ0n) is 13.4. The molecule has 0 aromatic rings. The molecule has 0 radical (unpaired) electrons. The van der Waals surface area contributed by atoms with Gasteiger partial charge < -0.3 is 15.2 Å². The van der Waals surface area contributed by atoms with Gasteiger partial charge in [0.05, 0.1) is 18.8 Å². The highest BCUT2D eigenvalue weighted by atomic mass is 32.2. The third-order valence-corrected chi connectivity index (χ3v) is 5.07. The van der Waals surface area contributed by atoms with Crippen molar-refractivity contribution in [1.82, 2.24) is 5.32 Å². The molecule has 0 aliphatic heterocycles. The van der Waals surface area contributed by atoms with E-state index in [-0.39, 0.29) is 6.10 Å². The van der Waals surface area contributed by atoms with Crippen molar-refractivity contribution in [2.24, 2.45) is 5.92 Å². The fraction of sp³-hybridized carbons (Fsp3) is 1.00. The van der Waals surface area contributed by atoms with Crippen LogP contribution in [0.25, 0.3) is 0 Å². The molecule has 4 heteroatoms. The van der Waals surface area contributed by atoms with E-state index in [4.69, 9.17) is 4.74 Å². The zero-order chi connectivity index (χ0) is 14.8. The topological polar surface area (TPSA) is 41.5 Å². The van der Waals surface area contributed by atoms with Crippen LogP contribution < -0.4 is 5.32 Å². The molecule has 0 aromatic heterocycles. The van der Waals surface area contributed by atoms with Crippen molar-refractivity contribution >= 4 is 11.8 Å². The molecule has 1 fully saturated rings. The Balaban J connectivity index is 2.05. The average Bonchev–Trinajstić information content (AvgIpc) is 2.44. The second kappa shape index (κ2) is 10.9. The highest BCUT2D eigenvalue weighted by Crippen LogP contribution is 2.26. The van der Waals surface area contributed by atoms with Crippen molar-refractivity contribution in [2.45, 2.75) is 71.1 Å². The molecule has 1 rings (SSSR count). The lowest BCUT2D eigenvalue weighted by Gasteiger charge is -2.29. The molecule has 0 bridgehead atoms. The van der Waals surface area contributed by atoms with E-state index in [1.807, 2.05) is 11.8 Å². The summed E-state index contributed by atoms with van der Waals surface area (Å²) < 4.78 is 5.89. The number of ether oxygens (including phenoxy) is 1. The zero-order valence-corrected chi connectivity index (χ0v) is 14.3. The molecule has 20 heavy (non-hydrogen) atoms. The Morgan fingerprint density at radius 2 is 2.10 bits per heavy atom. The molecule has 3 nitrogen and oxygen atoms in total. The maximum atomic E-state index is 9.99. The number of aliphatic hydroxyl groups is 1. The van der Waals surface area contributed by atoms with Gasteiger partial charge in [0.2, 0.25) is 0 Å². The van der Waals surface area contributed by atoms with E-state index < -0.39 is 0 Å². The minimum absolute atomic E-state index is 0.358. The molecule has 0 aromatic carbocycles. The van der Waals surface area contributed by atoms with Gasteiger partial charge in [-0.15, -0.1) is 0 Å². The lowest BCUT2D eigenvalue weighted by atomic mass is 9.88. The van der Waals surface area contributed by atoms with Crippen molar-refractivity contribution < 1.29 is 9.84 Å². The number of aliphatic hydroxyl groups excluding tert-OH is 1. The van der Waals surface area contributed by atoms with Crippen molar-refractivity contribution in [3.05, 3.63) is 0 Å². The van der Waals surface area contributed by atoms with Gasteiger partial charge in [0.15, 0.2) is 0 Å². The van der Waals surface area contributed by atoms with Gasteiger partial charge in [-0.05, 0) is 43.6 Å². The van der Waals surface area contributed by atoms with Gasteiger partial charge in [-0.1, -0.05) is 26.7 Å². The summed E-state index contributed by atoms with van der Waals surface area (Å²) in [6.45, 7) is 7.75. The lowest BCUT2D eigenvalue weighted by Crippen LogP contribution is -2.38. The average molecular weight is 304 g/mol. The predicted molar refractivity (Wildman–Crippen MR) is 88.5 cm³/mol. The monoisotopic (exact) mass is 303 g/mol. The fourth-order valence-electron chi connectivity index (χ4n) is 2.67. The van der Waals surface area contributed by atoms with Crippen LogP contribution in [0.2, 0.25) is 0 Å². The highest BCUT2D eigenvalue weighted by Gasteiger charge is 2.22. The highest BCUT2D eigenvalue weighted by molar-refractivity contribution is 7.99. The van der Waals surface area contributed by atoms with Crippen LogP contribution in [0.15, 0.2) is 0 Å². The van der Waals surface area contributed by atoms with E-state index >= 15 is 0 Å². The van der Waals surface area contributed by atoms with Gasteiger partial charge in [-0.25, -0.2) is 0 Å². The number of hydrogen-bond donors (Lipinski definition) is 2. The first-order valence-corrected chi connectivity index (χ1v) is 9.39. The lowest BCUT2D eigenvalue weighted by molar-refractivity contribution is -0.0455. The quantitative estimate of drug-likeness (QED) is 0.609. The van der Waals surface area contributed by atoms with E-state index in [9.17, 15) is 5.11 Å². The molecule has 1 aliphatic carbocycles. The number of hydrogen-bond acceptors (Lipinski definition) is 4. The van der Waals surface area contributed by atoms with Crippen LogP contribution in [0, 0.1) is 5.92 Å². The summed E-state index contributed by atoms with van der Waals surface area (Å²) in [6, 6.07) is 0.470. The standard InChI is InChI=1S/C16H33NO2S/c1-4-20-10-9-14(3)17-11-15(18)12-19-16-8-6-5-7-13(16)2/h13-18H,4-12H2,1-3H3. The first kappa shape index (κ1) is 18.3. The van der Waals surface area contributed by atoms with Crippen molar-refractivity contribution in [2.75, 3.05) is 24.7 Å². The van der Waals surface area contributed by atoms with E-state index in [1.54, 1.807) is 0 Å². The third kappa shape index (κ3) is 7.87. The third-order valence-electron chi connectivity index (χ3n) is 4.14. The molecule has 0 heterocycles. The van der Waals surface area contributed by atoms with Gasteiger partial charge in [0.25, 0.3) is 0 Å². The summed E-state index contributed by atoms with van der Waals surface area (Å²) in [4.78, 5) is 0. The van der Waals surface area contributed by atoms with E-state index in [2.05, 4.69) is 26.1 Å². The van der Waals surface area contributed by atoms with Gasteiger partial charge >= 0.3 is 0 Å². The first-order valence-electron chi connectivity index (χ1n) is 8.24. The van der Waals surface area contributed by atoms with Crippen molar-refractivity contribution in [3.63, 3.8) is 0 Å². The number of rotatable bonds is 10. The SMILES string of the molecule is CCSCCC(C)NCC(O)COC1CCCCC1C. The molecule has 0 spiro atoms. The molecule has 1 aliphatic rings. The molecular weight excluding hydrogens is 270 g/mol. The maximum absolute atomic E-state index is 9.99. The molecule has 120 valence electrons. The van der Waals surface area contributed by atoms with Gasteiger partial charge in [-0.3, -0.25) is 0 Å². The largest absolute Gasteiger partial charge is 0.389 e. The molecular formula is C16H33NO2S. The molecule has 4 unspecified atom stereocenters. The number of nitrogens with one attached hydrogen (secondary N) is 1. The molecule has 1 saturated carbocycles. The second-order valence-electron chi connectivity index (χ2n) is 6.08. The Bertz CT molecular complexity index is 241. The normalized spacial score (nSPS) is 26.4. The van der Waals surface area contributed by atoms with Gasteiger partial charge in [0, 0.05) is 12.6 Å². The summed E-state index contributed by atoms with van der Waals surface area (Å²) in [5.41, 5.74) is 0. The fourth-order valence-corrected chi connectivity index (χ4v) is 3.48. The Hall–Kier alpha value is 0.230. The van der Waals surface area contributed by atoms with Crippen LogP contribution in [0.5, 0.6) is 0 Å². The van der Waals surface area contributed by atoms with Crippen LogP contribution in [-0.4, -0.2) is 48.0 Å². The predicted octanol–water partition coefficient (Wildman–Crippen LogP) is 3.06. The van der Waals surface area contributed by atoms with Crippen LogP contribution >= 0.6 is 11.8 Å². The Morgan fingerprint density at radius 1 is 1.35 bits per heavy atom. The van der Waals surface area contributed by atoms with Gasteiger partial charge in [0.1, 0.15) is 0 Å². The summed E-state index contributed by atoms with van der Waals surface area (Å²) in [5.74, 6) is 3.02. The maximum Gasteiger partial charge on any atom is 0.0897 e. The smallest absolute Gasteiger partial charge is 0.0897 e. The molecule has 2 N–H and O–H groups in total. The summed E-state index contributed by atoms with van der Waals surface area (Å²) >= 11 is 1.97. The number of thioether (sulfide) groups is 1. The van der Waals surface area contributed by atoms with Crippen LogP contribution in [0.3, 0.4) is 0 Å². The molecule has 0 amide bonds. The van der Waals surface area contributed by atoms with Crippen molar-refractivity contribution in [1.29, 1.82) is 0 Å². The molecule has 0 saturated heterocycles. The van der Waals surface area contributed by atoms with Crippen LogP contribution in [0.1, 0.15) is 52.9 Å². The van der Waals surface area contributed by atoms with E-state index in [0.29, 0.717) is 31.2 Å². The molecule has 4 atom stereocenters. The Morgan fingerprint density at radius 3 is 2.80 bits per heavy atom. The van der Waals surface area contributed by atoms with Crippen LogP contribution in [-0.2, 0) is 4.74 Å². The Kier molecular flexibility index (Phi) is 9.95. The van der Waals surface area contributed by atoms with E-state index in [1.165, 1.54) is 30.8 Å². The second-order valence-corrected chi connectivity index (χ2v) is 7.48. The van der Waals surface area contributed by atoms with Crippen LogP contribution in [0.4, 0.5) is 0 Å². The minimum Gasteiger partial charge on any atom is -0.389 e. The summed E-state index contributed by atoms with van der Waals surface area (Å²) in [5, 5.41) is 13.4.